The summed E-state index contributed by atoms with van der Waals surface area (Å²) in [5, 5.41) is 18.3. The summed E-state index contributed by atoms with van der Waals surface area (Å²) in [5.74, 6) is 0.735. The van der Waals surface area contributed by atoms with Crippen molar-refractivity contribution in [3.63, 3.8) is 0 Å². The Labute approximate surface area is 158 Å². The summed E-state index contributed by atoms with van der Waals surface area (Å²) in [7, 11) is 0. The molecule has 2 aromatic carbocycles. The molecule has 6 nitrogen and oxygen atoms in total. The molecule has 0 aliphatic heterocycles. The van der Waals surface area contributed by atoms with Crippen molar-refractivity contribution in [1.82, 2.24) is 15.0 Å². The molecule has 0 unspecified atom stereocenters. The lowest BCUT2D eigenvalue weighted by Gasteiger charge is -2.08. The third-order valence-electron chi connectivity index (χ3n) is 4.00. The smallest absolute Gasteiger partial charge is 0.170 e. The minimum Gasteiger partial charge on any atom is -0.507 e. The van der Waals surface area contributed by atoms with Crippen LogP contribution in [-0.2, 0) is 19.6 Å². The predicted octanol–water partition coefficient (Wildman–Crippen LogP) is 3.64. The van der Waals surface area contributed by atoms with E-state index in [2.05, 4.69) is 24.2 Å². The lowest BCUT2D eigenvalue weighted by Crippen LogP contribution is -2.04. The molecule has 0 aliphatic rings. The van der Waals surface area contributed by atoms with E-state index in [4.69, 9.17) is 4.74 Å². The van der Waals surface area contributed by atoms with E-state index in [1.54, 1.807) is 16.8 Å². The highest BCUT2D eigenvalue weighted by atomic mass is 16.5. The fourth-order valence-electron chi connectivity index (χ4n) is 2.74. The quantitative estimate of drug-likeness (QED) is 0.617. The number of Topliss-reactive ketones (excluding diaryl/α,β-unsaturated/α-hetero) is 1. The highest BCUT2D eigenvalue weighted by Gasteiger charge is 2.13. The molecule has 6 heteroatoms. The number of carbonyl (C=O) groups is 1. The molecule has 1 heterocycles. The van der Waals surface area contributed by atoms with Crippen molar-refractivity contribution in [2.45, 2.75) is 33.4 Å². The zero-order valence-corrected chi connectivity index (χ0v) is 15.5. The van der Waals surface area contributed by atoms with Crippen LogP contribution < -0.4 is 4.74 Å². The highest BCUT2D eigenvalue weighted by Crippen LogP contribution is 2.25. The van der Waals surface area contributed by atoms with Crippen LogP contribution in [0.4, 0.5) is 0 Å². The van der Waals surface area contributed by atoms with Crippen molar-refractivity contribution in [3.8, 4) is 11.5 Å². The highest BCUT2D eigenvalue weighted by molar-refractivity contribution is 6.00. The average Bonchev–Trinajstić information content (AvgIpc) is 3.07. The number of carbonyl (C=O) groups excluding carboxylic acids is 1. The maximum absolute atomic E-state index is 12.4. The Morgan fingerprint density at radius 3 is 2.67 bits per heavy atom. The number of aromatic hydroxyl groups is 1. The number of ether oxygens (including phenoxy) is 1. The second-order valence-electron chi connectivity index (χ2n) is 6.88. The summed E-state index contributed by atoms with van der Waals surface area (Å²) in [5.41, 5.74) is 1.90. The standard InChI is InChI=1S/C21H23N3O3/c1-15(2)12-24-13-17(22-23-24)14-27-18-8-9-19(21(26)11-18)20(25)10-16-6-4-3-5-7-16/h3-9,11,13,15,26H,10,12,14H2,1-2H3. The molecule has 27 heavy (non-hydrogen) atoms. The molecular formula is C21H23N3O3. The molecule has 0 bridgehead atoms. The van der Waals surface area contributed by atoms with Crippen LogP contribution in [0, 0.1) is 5.92 Å². The maximum atomic E-state index is 12.4. The molecule has 0 fully saturated rings. The average molecular weight is 365 g/mol. The maximum Gasteiger partial charge on any atom is 0.170 e. The van der Waals surface area contributed by atoms with Gasteiger partial charge in [-0.05, 0) is 23.6 Å². The summed E-state index contributed by atoms with van der Waals surface area (Å²) in [6.45, 7) is 5.27. The number of hydrogen-bond donors (Lipinski definition) is 1. The number of ketones is 1. The largest absolute Gasteiger partial charge is 0.507 e. The number of phenols is 1. The Hall–Kier alpha value is -3.15. The first-order valence-corrected chi connectivity index (χ1v) is 8.93. The van der Waals surface area contributed by atoms with Crippen molar-refractivity contribution in [3.05, 3.63) is 71.5 Å². The molecule has 0 atom stereocenters. The third-order valence-corrected chi connectivity index (χ3v) is 4.00. The Balaban J connectivity index is 1.61. The van der Waals surface area contributed by atoms with Gasteiger partial charge < -0.3 is 9.84 Å². The molecular weight excluding hydrogens is 342 g/mol. The topological polar surface area (TPSA) is 77.2 Å². The first kappa shape index (κ1) is 18.6. The van der Waals surface area contributed by atoms with Crippen LogP contribution in [0.15, 0.2) is 54.7 Å². The summed E-state index contributed by atoms with van der Waals surface area (Å²) in [4.78, 5) is 12.4. The number of benzene rings is 2. The molecule has 0 saturated heterocycles. The molecule has 140 valence electrons. The van der Waals surface area contributed by atoms with Gasteiger partial charge in [0, 0.05) is 19.0 Å². The van der Waals surface area contributed by atoms with Gasteiger partial charge in [0.2, 0.25) is 0 Å². The van der Waals surface area contributed by atoms with Gasteiger partial charge in [-0.1, -0.05) is 49.4 Å². The van der Waals surface area contributed by atoms with E-state index in [1.165, 1.54) is 6.07 Å². The van der Waals surface area contributed by atoms with Crippen molar-refractivity contribution >= 4 is 5.78 Å². The molecule has 3 aromatic rings. The van der Waals surface area contributed by atoms with Gasteiger partial charge in [0.25, 0.3) is 0 Å². The van der Waals surface area contributed by atoms with Crippen LogP contribution in [0.5, 0.6) is 11.5 Å². The molecule has 0 radical (unpaired) electrons. The minimum absolute atomic E-state index is 0.0862. The van der Waals surface area contributed by atoms with Gasteiger partial charge in [0.15, 0.2) is 5.78 Å². The van der Waals surface area contributed by atoms with E-state index < -0.39 is 0 Å². The Kier molecular flexibility index (Phi) is 5.86. The van der Waals surface area contributed by atoms with Crippen molar-refractivity contribution < 1.29 is 14.6 Å². The molecule has 0 amide bonds. The lowest BCUT2D eigenvalue weighted by molar-refractivity contribution is 0.0990. The first-order valence-electron chi connectivity index (χ1n) is 8.93. The van der Waals surface area contributed by atoms with Gasteiger partial charge in [-0.2, -0.15) is 0 Å². The normalized spacial score (nSPS) is 10.9. The zero-order valence-electron chi connectivity index (χ0n) is 15.5. The van der Waals surface area contributed by atoms with E-state index in [0.29, 0.717) is 17.4 Å². The van der Waals surface area contributed by atoms with Crippen molar-refractivity contribution in [1.29, 1.82) is 0 Å². The van der Waals surface area contributed by atoms with Crippen LogP contribution in [0.25, 0.3) is 0 Å². The van der Waals surface area contributed by atoms with Crippen LogP contribution >= 0.6 is 0 Å². The number of rotatable bonds is 8. The van der Waals surface area contributed by atoms with Gasteiger partial charge in [-0.15, -0.1) is 5.10 Å². The van der Waals surface area contributed by atoms with Crippen LogP contribution in [0.1, 0.15) is 35.5 Å². The van der Waals surface area contributed by atoms with Gasteiger partial charge in [-0.3, -0.25) is 9.48 Å². The number of hydrogen-bond acceptors (Lipinski definition) is 5. The monoisotopic (exact) mass is 365 g/mol. The van der Waals surface area contributed by atoms with E-state index in [-0.39, 0.29) is 30.1 Å². The van der Waals surface area contributed by atoms with E-state index in [0.717, 1.165) is 12.1 Å². The van der Waals surface area contributed by atoms with E-state index >= 15 is 0 Å². The number of aromatic nitrogens is 3. The SMILES string of the molecule is CC(C)Cn1cc(COc2ccc(C(=O)Cc3ccccc3)c(O)c2)nn1. The van der Waals surface area contributed by atoms with Crippen LogP contribution in [0.3, 0.4) is 0 Å². The minimum atomic E-state index is -0.137. The van der Waals surface area contributed by atoms with Gasteiger partial charge >= 0.3 is 0 Å². The fraction of sp³-hybridized carbons (Fsp3) is 0.286. The molecule has 1 aromatic heterocycles. The van der Waals surface area contributed by atoms with Gasteiger partial charge in [0.05, 0.1) is 11.8 Å². The molecule has 1 N–H and O–H groups in total. The first-order chi connectivity index (χ1) is 13.0. The Morgan fingerprint density at radius 2 is 1.96 bits per heavy atom. The van der Waals surface area contributed by atoms with Gasteiger partial charge in [0.1, 0.15) is 23.8 Å². The molecule has 0 spiro atoms. The number of nitrogens with zero attached hydrogens (tertiary/aromatic N) is 3. The van der Waals surface area contributed by atoms with Crippen molar-refractivity contribution in [2.75, 3.05) is 0 Å². The molecule has 3 rings (SSSR count). The van der Waals surface area contributed by atoms with E-state index in [9.17, 15) is 9.90 Å². The second-order valence-corrected chi connectivity index (χ2v) is 6.88. The van der Waals surface area contributed by atoms with Crippen LogP contribution in [0.2, 0.25) is 0 Å². The summed E-state index contributed by atoms with van der Waals surface area (Å²) < 4.78 is 7.44. The van der Waals surface area contributed by atoms with Crippen LogP contribution in [-0.4, -0.2) is 25.9 Å². The Morgan fingerprint density at radius 1 is 1.19 bits per heavy atom. The summed E-state index contributed by atoms with van der Waals surface area (Å²) in [6.07, 6.45) is 2.09. The van der Waals surface area contributed by atoms with E-state index in [1.807, 2.05) is 36.5 Å². The number of phenolic OH excluding ortho intramolecular Hbond substituents is 1. The lowest BCUT2D eigenvalue weighted by atomic mass is 10.0. The predicted molar refractivity (Wildman–Crippen MR) is 102 cm³/mol. The fourth-order valence-corrected chi connectivity index (χ4v) is 2.74. The molecule has 0 saturated carbocycles. The third kappa shape index (κ3) is 5.17. The molecule has 0 aliphatic carbocycles. The summed E-state index contributed by atoms with van der Waals surface area (Å²) in [6, 6.07) is 14.2. The Bertz CT molecular complexity index is 904. The van der Waals surface area contributed by atoms with Crippen molar-refractivity contribution in [2.24, 2.45) is 5.92 Å². The second kappa shape index (κ2) is 8.49. The summed E-state index contributed by atoms with van der Waals surface area (Å²) >= 11 is 0. The van der Waals surface area contributed by atoms with Gasteiger partial charge in [-0.25, -0.2) is 0 Å². The zero-order chi connectivity index (χ0) is 19.2.